The monoisotopic (exact) mass is 388 g/mol. The van der Waals surface area contributed by atoms with Crippen LogP contribution < -0.4 is 4.72 Å². The molecule has 0 aliphatic heterocycles. The molecular formula is C14H17BrN2O2S2. The van der Waals surface area contributed by atoms with Gasteiger partial charge in [-0.15, -0.1) is 11.3 Å². The first-order valence-corrected chi connectivity index (χ1v) is 9.87. The lowest BCUT2D eigenvalue weighted by atomic mass is 10.1. The largest absolute Gasteiger partial charge is 0.259 e. The maximum Gasteiger partial charge on any atom is 0.234 e. The van der Waals surface area contributed by atoms with Crippen molar-refractivity contribution < 1.29 is 8.42 Å². The third-order valence-corrected chi connectivity index (χ3v) is 6.07. The van der Waals surface area contributed by atoms with Gasteiger partial charge >= 0.3 is 0 Å². The minimum atomic E-state index is -3.27. The van der Waals surface area contributed by atoms with Crippen LogP contribution in [0, 0.1) is 6.92 Å². The normalized spacial score (nSPS) is 11.6. The predicted molar refractivity (Wildman–Crippen MR) is 91.5 cm³/mol. The van der Waals surface area contributed by atoms with Crippen molar-refractivity contribution in [3.63, 3.8) is 0 Å². The van der Waals surface area contributed by atoms with Gasteiger partial charge in [0, 0.05) is 15.8 Å². The number of nitrogens with one attached hydrogen (secondary N) is 1. The molecule has 21 heavy (non-hydrogen) atoms. The summed E-state index contributed by atoms with van der Waals surface area (Å²) >= 11 is 4.81. The fourth-order valence-electron chi connectivity index (χ4n) is 1.88. The van der Waals surface area contributed by atoms with E-state index in [-0.39, 0.29) is 5.75 Å². The zero-order chi connectivity index (χ0) is 15.5. The Morgan fingerprint density at radius 1 is 1.29 bits per heavy atom. The number of hydrogen-bond donors (Lipinski definition) is 1. The van der Waals surface area contributed by atoms with Gasteiger partial charge in [0.2, 0.25) is 10.0 Å². The first-order valence-electron chi connectivity index (χ1n) is 6.61. The van der Waals surface area contributed by atoms with Crippen LogP contribution in [0.2, 0.25) is 0 Å². The van der Waals surface area contributed by atoms with Crippen molar-refractivity contribution in [1.82, 2.24) is 4.98 Å². The summed E-state index contributed by atoms with van der Waals surface area (Å²) in [5, 5.41) is 0.452. The molecule has 0 aliphatic carbocycles. The molecule has 114 valence electrons. The van der Waals surface area contributed by atoms with Gasteiger partial charge in [0.05, 0.1) is 11.4 Å². The molecule has 1 N–H and O–H groups in total. The zero-order valence-electron chi connectivity index (χ0n) is 11.9. The lowest BCUT2D eigenvalue weighted by Crippen LogP contribution is -2.15. The summed E-state index contributed by atoms with van der Waals surface area (Å²) in [7, 11) is -3.27. The minimum Gasteiger partial charge on any atom is -0.259 e. The molecule has 1 aromatic carbocycles. The molecular weight excluding hydrogens is 372 g/mol. The molecule has 2 rings (SSSR count). The number of aromatic nitrogens is 1. The van der Waals surface area contributed by atoms with Crippen molar-refractivity contribution in [3.05, 3.63) is 44.9 Å². The van der Waals surface area contributed by atoms with Crippen LogP contribution in [-0.4, -0.2) is 19.2 Å². The van der Waals surface area contributed by atoms with Gasteiger partial charge in [-0.05, 0) is 31.0 Å². The molecule has 1 aromatic heterocycles. The highest BCUT2D eigenvalue weighted by atomic mass is 79.9. The highest BCUT2D eigenvalue weighted by molar-refractivity contribution is 9.10. The lowest BCUT2D eigenvalue weighted by Gasteiger charge is -2.02. The Morgan fingerprint density at radius 2 is 1.95 bits per heavy atom. The minimum absolute atomic E-state index is 0.119. The topological polar surface area (TPSA) is 59.1 Å². The third kappa shape index (κ3) is 4.79. The number of rotatable bonds is 6. The van der Waals surface area contributed by atoms with Gasteiger partial charge in [-0.2, -0.15) is 0 Å². The molecule has 4 nitrogen and oxygen atoms in total. The van der Waals surface area contributed by atoms with Crippen molar-refractivity contribution in [2.24, 2.45) is 0 Å². The van der Waals surface area contributed by atoms with Crippen molar-refractivity contribution in [3.8, 4) is 0 Å². The van der Waals surface area contributed by atoms with Crippen LogP contribution in [0.15, 0.2) is 28.7 Å². The molecule has 0 fully saturated rings. The van der Waals surface area contributed by atoms with E-state index >= 15 is 0 Å². The molecule has 2 aromatic rings. The quantitative estimate of drug-likeness (QED) is 0.814. The van der Waals surface area contributed by atoms with E-state index in [1.165, 1.54) is 16.9 Å². The molecule has 0 saturated carbocycles. The number of sulfonamides is 1. The molecule has 0 unspecified atom stereocenters. The molecule has 0 saturated heterocycles. The van der Waals surface area contributed by atoms with Crippen LogP contribution in [0.25, 0.3) is 0 Å². The van der Waals surface area contributed by atoms with Crippen LogP contribution in [-0.2, 0) is 16.4 Å². The van der Waals surface area contributed by atoms with E-state index in [1.54, 1.807) is 0 Å². The average Bonchev–Trinajstić information content (AvgIpc) is 2.71. The number of benzene rings is 1. The second-order valence-corrected chi connectivity index (χ2v) is 8.59. The number of thiazole rings is 1. The fraction of sp³-hybridized carbons (Fsp3) is 0.357. The summed E-state index contributed by atoms with van der Waals surface area (Å²) in [5.74, 6) is 0.119. The Bertz CT molecular complexity index is 709. The van der Waals surface area contributed by atoms with Gasteiger partial charge in [-0.3, -0.25) is 4.72 Å². The van der Waals surface area contributed by atoms with E-state index in [4.69, 9.17) is 0 Å². The van der Waals surface area contributed by atoms with Gasteiger partial charge in [0.1, 0.15) is 0 Å². The molecule has 0 amide bonds. The Balaban J connectivity index is 2.14. The van der Waals surface area contributed by atoms with E-state index < -0.39 is 10.0 Å². The van der Waals surface area contributed by atoms with E-state index in [9.17, 15) is 8.42 Å². The third-order valence-electron chi connectivity index (χ3n) is 2.89. The Hall–Kier alpha value is -0.920. The predicted octanol–water partition coefficient (Wildman–Crippen LogP) is 3.96. The second kappa shape index (κ2) is 6.89. The first kappa shape index (κ1) is 16.5. The van der Waals surface area contributed by atoms with Crippen LogP contribution in [0.3, 0.4) is 0 Å². The standard InChI is InChI=1S/C14H17BrN2O2S2/c1-3-8-21(18,19)17-14-16-10(2)13(20-14)9-11-4-6-12(15)7-5-11/h4-7H,3,8-9H2,1-2H3,(H,16,17). The Kier molecular flexibility index (Phi) is 5.40. The number of aryl methyl sites for hydroxylation is 1. The Morgan fingerprint density at radius 3 is 2.57 bits per heavy atom. The molecule has 0 atom stereocenters. The average molecular weight is 389 g/mol. The molecule has 7 heteroatoms. The van der Waals surface area contributed by atoms with Crippen LogP contribution in [0.1, 0.15) is 29.5 Å². The number of halogens is 1. The van der Waals surface area contributed by atoms with Gasteiger partial charge in [0.25, 0.3) is 0 Å². The summed E-state index contributed by atoms with van der Waals surface area (Å²) in [6, 6.07) is 8.08. The van der Waals surface area contributed by atoms with Crippen LogP contribution >= 0.6 is 27.3 Å². The molecule has 1 heterocycles. The molecule has 0 spiro atoms. The fourth-order valence-corrected chi connectivity index (χ4v) is 4.49. The van der Waals surface area contributed by atoms with Gasteiger partial charge in [0.15, 0.2) is 5.13 Å². The van der Waals surface area contributed by atoms with Gasteiger partial charge < -0.3 is 0 Å². The number of hydrogen-bond acceptors (Lipinski definition) is 4. The maximum atomic E-state index is 11.8. The van der Waals surface area contributed by atoms with E-state index in [1.807, 2.05) is 38.1 Å². The van der Waals surface area contributed by atoms with Crippen molar-refractivity contribution in [2.45, 2.75) is 26.7 Å². The molecule has 0 aliphatic rings. The number of nitrogens with zero attached hydrogens (tertiary/aromatic N) is 1. The highest BCUT2D eigenvalue weighted by Crippen LogP contribution is 2.26. The zero-order valence-corrected chi connectivity index (χ0v) is 15.1. The summed E-state index contributed by atoms with van der Waals surface area (Å²) < 4.78 is 27.1. The Labute approximate surface area is 137 Å². The molecule has 0 bridgehead atoms. The SMILES string of the molecule is CCCS(=O)(=O)Nc1nc(C)c(Cc2ccc(Br)cc2)s1. The summed E-state index contributed by atoms with van der Waals surface area (Å²) in [6.07, 6.45) is 1.34. The van der Waals surface area contributed by atoms with Crippen LogP contribution in [0.5, 0.6) is 0 Å². The van der Waals surface area contributed by atoms with Crippen LogP contribution in [0.4, 0.5) is 5.13 Å². The summed E-state index contributed by atoms with van der Waals surface area (Å²) in [4.78, 5) is 5.39. The van der Waals surface area contributed by atoms with Crippen molar-refractivity contribution in [1.29, 1.82) is 0 Å². The lowest BCUT2D eigenvalue weighted by molar-refractivity contribution is 0.600. The van der Waals surface area contributed by atoms with Crippen molar-refractivity contribution in [2.75, 3.05) is 10.5 Å². The second-order valence-electron chi connectivity index (χ2n) is 4.75. The smallest absolute Gasteiger partial charge is 0.234 e. The number of anilines is 1. The van der Waals surface area contributed by atoms with E-state index in [0.717, 1.165) is 21.5 Å². The highest BCUT2D eigenvalue weighted by Gasteiger charge is 2.14. The summed E-state index contributed by atoms with van der Waals surface area (Å²) in [6.45, 7) is 3.74. The van der Waals surface area contributed by atoms with Crippen molar-refractivity contribution >= 4 is 42.4 Å². The first-order chi connectivity index (χ1) is 9.89. The molecule has 0 radical (unpaired) electrons. The maximum absolute atomic E-state index is 11.8. The van der Waals surface area contributed by atoms with E-state index in [0.29, 0.717) is 11.6 Å². The van der Waals surface area contributed by atoms with Gasteiger partial charge in [-0.1, -0.05) is 35.0 Å². The van der Waals surface area contributed by atoms with E-state index in [2.05, 4.69) is 25.6 Å². The summed E-state index contributed by atoms with van der Waals surface area (Å²) in [5.41, 5.74) is 2.05. The van der Waals surface area contributed by atoms with Gasteiger partial charge in [-0.25, -0.2) is 13.4 Å².